The molecule has 1 aromatic heterocycles. The molecule has 2 bridgehead atoms. The number of hydrogen-bond donors (Lipinski definition) is 1. The highest BCUT2D eigenvalue weighted by Gasteiger charge is 2.75. The lowest BCUT2D eigenvalue weighted by Gasteiger charge is -2.35. The van der Waals surface area contributed by atoms with E-state index in [-0.39, 0.29) is 11.9 Å². The zero-order valence-electron chi connectivity index (χ0n) is 12.6. The molecule has 0 radical (unpaired) electrons. The van der Waals surface area contributed by atoms with Crippen molar-refractivity contribution in [3.63, 3.8) is 0 Å². The molecular formula is C16H20N2O3. The number of fused-ring (bicyclic) bond motifs is 2. The van der Waals surface area contributed by atoms with Crippen molar-refractivity contribution in [3.05, 3.63) is 30.1 Å². The smallest absolute Gasteiger partial charge is 0.313 e. The molecule has 2 fully saturated rings. The Hall–Kier alpha value is -1.91. The van der Waals surface area contributed by atoms with Crippen molar-refractivity contribution in [1.29, 1.82) is 0 Å². The highest BCUT2D eigenvalue weighted by atomic mass is 16.6. The topological polar surface area (TPSA) is 68.3 Å². The summed E-state index contributed by atoms with van der Waals surface area (Å²) in [5.41, 5.74) is -1.19. The average Bonchev–Trinajstić information content (AvgIpc) is 2.76. The number of pyridine rings is 1. The van der Waals surface area contributed by atoms with Crippen molar-refractivity contribution in [1.82, 2.24) is 10.3 Å². The Morgan fingerprint density at radius 3 is 2.67 bits per heavy atom. The summed E-state index contributed by atoms with van der Waals surface area (Å²) in [5.74, 6) is -0.457. The second-order valence-electron chi connectivity index (χ2n) is 6.72. The number of nitrogens with one attached hydrogen (secondary N) is 1. The fourth-order valence-electron chi connectivity index (χ4n) is 3.57. The van der Waals surface area contributed by atoms with Gasteiger partial charge in [-0.25, -0.2) is 0 Å². The monoisotopic (exact) mass is 288 g/mol. The number of esters is 1. The van der Waals surface area contributed by atoms with Gasteiger partial charge in [0.15, 0.2) is 5.60 Å². The maximum Gasteiger partial charge on any atom is 0.313 e. The van der Waals surface area contributed by atoms with Crippen molar-refractivity contribution < 1.29 is 14.3 Å². The maximum absolute atomic E-state index is 12.7. The van der Waals surface area contributed by atoms with Gasteiger partial charge >= 0.3 is 5.97 Å². The van der Waals surface area contributed by atoms with E-state index in [1.807, 2.05) is 32.9 Å². The molecule has 1 saturated heterocycles. The summed E-state index contributed by atoms with van der Waals surface area (Å²) in [5, 5.41) is 2.90. The van der Waals surface area contributed by atoms with Gasteiger partial charge in [-0.2, -0.15) is 0 Å². The minimum absolute atomic E-state index is 0.203. The molecule has 112 valence electrons. The van der Waals surface area contributed by atoms with Gasteiger partial charge < -0.3 is 10.1 Å². The number of nitrogens with zero attached hydrogens (tertiary/aromatic N) is 1. The predicted molar refractivity (Wildman–Crippen MR) is 76.0 cm³/mol. The molecule has 1 amide bonds. The zero-order valence-corrected chi connectivity index (χ0v) is 12.6. The summed E-state index contributed by atoms with van der Waals surface area (Å²) in [6.45, 7) is 6.19. The van der Waals surface area contributed by atoms with E-state index >= 15 is 0 Å². The fourth-order valence-corrected chi connectivity index (χ4v) is 3.57. The Bertz CT molecular complexity index is 599. The van der Waals surface area contributed by atoms with Gasteiger partial charge in [-0.15, -0.1) is 0 Å². The minimum atomic E-state index is -1.04. The third kappa shape index (κ3) is 1.66. The first-order chi connectivity index (χ1) is 9.83. The number of aromatic nitrogens is 1. The third-order valence-corrected chi connectivity index (χ3v) is 5.63. The van der Waals surface area contributed by atoms with Crippen LogP contribution in [0, 0.1) is 10.8 Å². The molecule has 2 aliphatic rings. The van der Waals surface area contributed by atoms with Crippen LogP contribution in [0.3, 0.4) is 0 Å². The first kappa shape index (κ1) is 14.0. The number of amides is 1. The van der Waals surface area contributed by atoms with E-state index in [0.717, 1.165) is 5.56 Å². The Labute approximate surface area is 124 Å². The minimum Gasteiger partial charge on any atom is -0.448 e. The molecule has 1 aliphatic carbocycles. The highest BCUT2D eigenvalue weighted by molar-refractivity contribution is 5.96. The Morgan fingerprint density at radius 1 is 1.38 bits per heavy atom. The molecule has 1 aliphatic heterocycles. The first-order valence-electron chi connectivity index (χ1n) is 7.24. The second kappa shape index (κ2) is 4.29. The zero-order chi connectivity index (χ0) is 15.3. The van der Waals surface area contributed by atoms with E-state index in [1.165, 1.54) is 0 Å². The lowest BCUT2D eigenvalue weighted by Crippen LogP contribution is -2.53. The summed E-state index contributed by atoms with van der Waals surface area (Å²) in [4.78, 5) is 28.9. The van der Waals surface area contributed by atoms with Gasteiger partial charge in [0, 0.05) is 24.4 Å². The van der Waals surface area contributed by atoms with Crippen LogP contribution in [0.1, 0.15) is 39.2 Å². The molecule has 5 heteroatoms. The van der Waals surface area contributed by atoms with E-state index < -0.39 is 16.4 Å². The molecule has 2 atom stereocenters. The molecule has 5 nitrogen and oxygen atoms in total. The maximum atomic E-state index is 12.7. The Morgan fingerprint density at radius 2 is 2.14 bits per heavy atom. The Balaban J connectivity index is 1.80. The quantitative estimate of drug-likeness (QED) is 0.861. The second-order valence-corrected chi connectivity index (χ2v) is 6.72. The van der Waals surface area contributed by atoms with E-state index in [4.69, 9.17) is 4.74 Å². The van der Waals surface area contributed by atoms with E-state index in [0.29, 0.717) is 19.4 Å². The first-order valence-corrected chi connectivity index (χ1v) is 7.24. The van der Waals surface area contributed by atoms with Gasteiger partial charge in [-0.05, 0) is 31.4 Å². The van der Waals surface area contributed by atoms with Gasteiger partial charge in [0.2, 0.25) is 0 Å². The largest absolute Gasteiger partial charge is 0.448 e. The number of hydrogen-bond acceptors (Lipinski definition) is 4. The molecule has 1 saturated carbocycles. The lowest BCUT2D eigenvalue weighted by atomic mass is 9.66. The summed E-state index contributed by atoms with van der Waals surface area (Å²) in [6, 6.07) is 3.72. The SMILES string of the molecule is CC1(C)[C@]2(C)CC[C@]1(C(=O)NCc1cccnc1)OC2=O. The molecule has 0 spiro atoms. The van der Waals surface area contributed by atoms with E-state index in [2.05, 4.69) is 10.3 Å². The highest BCUT2D eigenvalue weighted by Crippen LogP contribution is 2.65. The van der Waals surface area contributed by atoms with Crippen molar-refractivity contribution in [2.75, 3.05) is 0 Å². The summed E-state index contributed by atoms with van der Waals surface area (Å²) < 4.78 is 5.55. The van der Waals surface area contributed by atoms with Gasteiger partial charge in [-0.3, -0.25) is 14.6 Å². The van der Waals surface area contributed by atoms with Gasteiger partial charge in [-0.1, -0.05) is 19.9 Å². The molecule has 1 aromatic rings. The molecule has 1 N–H and O–H groups in total. The van der Waals surface area contributed by atoms with E-state index in [1.54, 1.807) is 12.4 Å². The predicted octanol–water partition coefficient (Wildman–Crippen LogP) is 1.82. The van der Waals surface area contributed by atoms with Crippen molar-refractivity contribution in [2.24, 2.45) is 10.8 Å². The summed E-state index contributed by atoms with van der Waals surface area (Å²) >= 11 is 0. The van der Waals surface area contributed by atoms with Crippen molar-refractivity contribution in [3.8, 4) is 0 Å². The van der Waals surface area contributed by atoms with Crippen LogP contribution >= 0.6 is 0 Å². The van der Waals surface area contributed by atoms with Crippen LogP contribution in [0.25, 0.3) is 0 Å². The van der Waals surface area contributed by atoms with Crippen molar-refractivity contribution in [2.45, 2.75) is 45.8 Å². The number of ether oxygens (including phenoxy) is 1. The average molecular weight is 288 g/mol. The molecule has 3 rings (SSSR count). The molecular weight excluding hydrogens is 268 g/mol. The van der Waals surface area contributed by atoms with Crippen LogP contribution in [0.4, 0.5) is 0 Å². The van der Waals surface area contributed by atoms with Gasteiger partial charge in [0.25, 0.3) is 5.91 Å². The normalized spacial score (nSPS) is 32.8. The van der Waals surface area contributed by atoms with Gasteiger partial charge in [0.1, 0.15) is 0 Å². The summed E-state index contributed by atoms with van der Waals surface area (Å²) in [7, 11) is 0. The standard InChI is InChI=1S/C16H20N2O3/c1-14(2)15(3)6-7-16(14,21-13(15)20)12(19)18-10-11-5-4-8-17-9-11/h4-5,8-9H,6-7,10H2,1-3H3,(H,18,19)/t15-,16-/m1/s1. The van der Waals surface area contributed by atoms with E-state index in [9.17, 15) is 9.59 Å². The van der Waals surface area contributed by atoms with Crippen LogP contribution in [-0.4, -0.2) is 22.5 Å². The number of carbonyl (C=O) groups is 2. The molecule has 0 unspecified atom stereocenters. The Kier molecular flexibility index (Phi) is 2.87. The molecule has 21 heavy (non-hydrogen) atoms. The van der Waals surface area contributed by atoms with Crippen LogP contribution in [0.5, 0.6) is 0 Å². The number of rotatable bonds is 3. The number of carbonyl (C=O) groups excluding carboxylic acids is 2. The van der Waals surface area contributed by atoms with Crippen LogP contribution < -0.4 is 5.32 Å². The summed E-state index contributed by atoms with van der Waals surface area (Å²) in [6.07, 6.45) is 4.68. The van der Waals surface area contributed by atoms with Crippen molar-refractivity contribution >= 4 is 11.9 Å². The van der Waals surface area contributed by atoms with Gasteiger partial charge in [0.05, 0.1) is 5.41 Å². The lowest BCUT2D eigenvalue weighted by molar-refractivity contribution is -0.168. The van der Waals surface area contributed by atoms with Crippen LogP contribution in [-0.2, 0) is 20.9 Å². The molecule has 2 heterocycles. The van der Waals surface area contributed by atoms with Crippen LogP contribution in [0.15, 0.2) is 24.5 Å². The third-order valence-electron chi connectivity index (χ3n) is 5.63. The van der Waals surface area contributed by atoms with Crippen LogP contribution in [0.2, 0.25) is 0 Å². The fraction of sp³-hybridized carbons (Fsp3) is 0.562. The molecule has 0 aromatic carbocycles.